The van der Waals surface area contributed by atoms with E-state index in [1.165, 1.54) is 42.1 Å². The molecule has 134 valence electrons. The van der Waals surface area contributed by atoms with Gasteiger partial charge in [-0.05, 0) is 35.9 Å². The third kappa shape index (κ3) is 3.39. The Kier molecular flexibility index (Phi) is 4.79. The second-order valence-corrected chi connectivity index (χ2v) is 7.45. The van der Waals surface area contributed by atoms with E-state index in [2.05, 4.69) is 64.6 Å². The van der Waals surface area contributed by atoms with Gasteiger partial charge < -0.3 is 9.88 Å². The number of rotatable bonds is 6. The van der Waals surface area contributed by atoms with Gasteiger partial charge >= 0.3 is 0 Å². The summed E-state index contributed by atoms with van der Waals surface area (Å²) in [5.41, 5.74) is 2.68. The Morgan fingerprint density at radius 3 is 2.50 bits per heavy atom. The van der Waals surface area contributed by atoms with Crippen LogP contribution >= 0.6 is 0 Å². The minimum absolute atomic E-state index is 0.122. The second kappa shape index (κ2) is 7.36. The van der Waals surface area contributed by atoms with Crippen molar-refractivity contribution < 1.29 is 4.79 Å². The van der Waals surface area contributed by atoms with E-state index in [0.717, 1.165) is 13.1 Å². The van der Waals surface area contributed by atoms with E-state index in [1.807, 2.05) is 12.1 Å². The number of aromatic nitrogens is 1. The highest BCUT2D eigenvalue weighted by Gasteiger charge is 2.35. The summed E-state index contributed by atoms with van der Waals surface area (Å²) in [6.07, 6.45) is 7.42. The molecule has 3 nitrogen and oxygen atoms in total. The molecule has 1 amide bonds. The summed E-state index contributed by atoms with van der Waals surface area (Å²) >= 11 is 0. The second-order valence-electron chi connectivity index (χ2n) is 7.45. The molecule has 1 aliphatic rings. The molecule has 3 aromatic rings. The topological polar surface area (TPSA) is 34.0 Å². The van der Waals surface area contributed by atoms with Crippen molar-refractivity contribution in [2.24, 2.45) is 0 Å². The zero-order chi connectivity index (χ0) is 17.8. The number of hydrogen-bond acceptors (Lipinski definition) is 1. The Morgan fingerprint density at radius 1 is 0.962 bits per heavy atom. The number of nitrogens with zero attached hydrogens (tertiary/aromatic N) is 1. The highest BCUT2D eigenvalue weighted by atomic mass is 16.1. The minimum Gasteiger partial charge on any atom is -0.355 e. The van der Waals surface area contributed by atoms with Crippen molar-refractivity contribution >= 4 is 16.8 Å². The average Bonchev–Trinajstić information content (AvgIpc) is 3.33. The van der Waals surface area contributed by atoms with Crippen molar-refractivity contribution in [1.82, 2.24) is 9.88 Å². The first-order valence-electron chi connectivity index (χ1n) is 9.63. The standard InChI is InChI=1S/C23H26N2O/c26-22(13-17-25-16-12-19-8-4-5-11-21(19)25)24-18-23(14-6-7-15-23)20-9-2-1-3-10-20/h1-5,8-12,16H,6-7,13-15,17-18H2,(H,24,26). The van der Waals surface area contributed by atoms with Crippen LogP contribution in [0.4, 0.5) is 0 Å². The first-order chi connectivity index (χ1) is 12.8. The van der Waals surface area contributed by atoms with Crippen LogP contribution in [-0.4, -0.2) is 17.0 Å². The number of hydrogen-bond donors (Lipinski definition) is 1. The molecule has 2 aromatic carbocycles. The third-order valence-corrected chi connectivity index (χ3v) is 5.83. The minimum atomic E-state index is 0.122. The number of carbonyl (C=O) groups is 1. The molecule has 1 saturated carbocycles. The number of benzene rings is 2. The Hall–Kier alpha value is -2.55. The van der Waals surface area contributed by atoms with E-state index < -0.39 is 0 Å². The maximum Gasteiger partial charge on any atom is 0.221 e. The normalized spacial score (nSPS) is 16.0. The van der Waals surface area contributed by atoms with Gasteiger partial charge in [0.05, 0.1) is 0 Å². The highest BCUT2D eigenvalue weighted by molar-refractivity contribution is 5.80. The largest absolute Gasteiger partial charge is 0.355 e. The van der Waals surface area contributed by atoms with Crippen LogP contribution in [0.2, 0.25) is 0 Å². The SMILES string of the molecule is O=C(CCn1ccc2ccccc21)NCC1(c2ccccc2)CCCC1. The first kappa shape index (κ1) is 16.9. The number of amides is 1. The number of nitrogens with one attached hydrogen (secondary N) is 1. The lowest BCUT2D eigenvalue weighted by atomic mass is 9.79. The van der Waals surface area contributed by atoms with Crippen molar-refractivity contribution in [1.29, 1.82) is 0 Å². The van der Waals surface area contributed by atoms with E-state index in [0.29, 0.717) is 6.42 Å². The van der Waals surface area contributed by atoms with Gasteiger partial charge in [-0.1, -0.05) is 61.4 Å². The molecule has 1 heterocycles. The fraction of sp³-hybridized carbons (Fsp3) is 0.348. The molecule has 0 spiro atoms. The molecule has 4 rings (SSSR count). The van der Waals surface area contributed by atoms with Crippen LogP contribution in [0.5, 0.6) is 0 Å². The zero-order valence-corrected chi connectivity index (χ0v) is 15.2. The summed E-state index contributed by atoms with van der Waals surface area (Å²) in [5, 5.41) is 4.45. The summed E-state index contributed by atoms with van der Waals surface area (Å²) in [7, 11) is 0. The predicted molar refractivity (Wildman–Crippen MR) is 106 cm³/mol. The molecule has 0 aliphatic heterocycles. The molecule has 1 aliphatic carbocycles. The van der Waals surface area contributed by atoms with Gasteiger partial charge in [0.1, 0.15) is 0 Å². The quantitative estimate of drug-likeness (QED) is 0.692. The summed E-state index contributed by atoms with van der Waals surface area (Å²) in [4.78, 5) is 12.5. The van der Waals surface area contributed by atoms with Gasteiger partial charge in [-0.15, -0.1) is 0 Å². The molecule has 3 heteroatoms. The lowest BCUT2D eigenvalue weighted by Gasteiger charge is -2.30. The van der Waals surface area contributed by atoms with Crippen molar-refractivity contribution in [3.05, 3.63) is 72.4 Å². The van der Waals surface area contributed by atoms with Crippen LogP contribution in [0.3, 0.4) is 0 Å². The van der Waals surface area contributed by atoms with Crippen LogP contribution < -0.4 is 5.32 Å². The molecule has 1 aromatic heterocycles. The van der Waals surface area contributed by atoms with Crippen LogP contribution in [0.25, 0.3) is 10.9 Å². The van der Waals surface area contributed by atoms with E-state index in [9.17, 15) is 4.79 Å². The van der Waals surface area contributed by atoms with E-state index >= 15 is 0 Å². The van der Waals surface area contributed by atoms with Crippen LogP contribution in [-0.2, 0) is 16.8 Å². The molecule has 0 unspecified atom stereocenters. The molecule has 1 fully saturated rings. The van der Waals surface area contributed by atoms with Crippen molar-refractivity contribution in [2.75, 3.05) is 6.54 Å². The van der Waals surface area contributed by atoms with Crippen LogP contribution in [0.15, 0.2) is 66.9 Å². The third-order valence-electron chi connectivity index (χ3n) is 5.83. The highest BCUT2D eigenvalue weighted by Crippen LogP contribution is 2.40. The molecule has 0 saturated heterocycles. The fourth-order valence-electron chi connectivity index (χ4n) is 4.32. The van der Waals surface area contributed by atoms with E-state index in [-0.39, 0.29) is 11.3 Å². The molecular weight excluding hydrogens is 320 g/mol. The molecule has 0 radical (unpaired) electrons. The Balaban J connectivity index is 1.37. The van der Waals surface area contributed by atoms with Gasteiger partial charge in [0.25, 0.3) is 0 Å². The van der Waals surface area contributed by atoms with Gasteiger partial charge in [0, 0.05) is 36.6 Å². The number of fused-ring (bicyclic) bond motifs is 1. The number of aryl methyl sites for hydroxylation is 1. The fourth-order valence-corrected chi connectivity index (χ4v) is 4.32. The van der Waals surface area contributed by atoms with Crippen molar-refractivity contribution in [3.63, 3.8) is 0 Å². The summed E-state index contributed by atoms with van der Waals surface area (Å²) in [5.74, 6) is 0.144. The molecular formula is C23H26N2O. The van der Waals surface area contributed by atoms with Gasteiger partial charge in [-0.25, -0.2) is 0 Å². The van der Waals surface area contributed by atoms with Gasteiger partial charge in [0.15, 0.2) is 0 Å². The monoisotopic (exact) mass is 346 g/mol. The molecule has 0 atom stereocenters. The lowest BCUT2D eigenvalue weighted by molar-refractivity contribution is -0.121. The van der Waals surface area contributed by atoms with Gasteiger partial charge in [0.2, 0.25) is 5.91 Å². The maximum absolute atomic E-state index is 12.5. The van der Waals surface area contributed by atoms with Crippen molar-refractivity contribution in [2.45, 2.75) is 44.1 Å². The average molecular weight is 346 g/mol. The summed E-state index contributed by atoms with van der Waals surface area (Å²) < 4.78 is 2.16. The molecule has 0 bridgehead atoms. The Bertz CT molecular complexity index is 875. The molecule has 1 N–H and O–H groups in total. The van der Waals surface area contributed by atoms with Crippen LogP contribution in [0.1, 0.15) is 37.7 Å². The van der Waals surface area contributed by atoms with Crippen molar-refractivity contribution in [3.8, 4) is 0 Å². The number of carbonyl (C=O) groups excluding carboxylic acids is 1. The number of para-hydroxylation sites is 1. The lowest BCUT2D eigenvalue weighted by Crippen LogP contribution is -2.39. The zero-order valence-electron chi connectivity index (χ0n) is 15.2. The predicted octanol–water partition coefficient (Wildman–Crippen LogP) is 4.66. The van der Waals surface area contributed by atoms with E-state index in [1.54, 1.807) is 0 Å². The summed E-state index contributed by atoms with van der Waals surface area (Å²) in [6, 6.07) is 21.1. The Morgan fingerprint density at radius 2 is 1.69 bits per heavy atom. The van der Waals surface area contributed by atoms with Gasteiger partial charge in [-0.3, -0.25) is 4.79 Å². The first-order valence-corrected chi connectivity index (χ1v) is 9.63. The smallest absolute Gasteiger partial charge is 0.221 e. The molecule has 26 heavy (non-hydrogen) atoms. The Labute approximate surface area is 155 Å². The maximum atomic E-state index is 12.5. The van der Waals surface area contributed by atoms with Crippen LogP contribution in [0, 0.1) is 0 Å². The summed E-state index contributed by atoms with van der Waals surface area (Å²) in [6.45, 7) is 1.47. The van der Waals surface area contributed by atoms with E-state index in [4.69, 9.17) is 0 Å². The van der Waals surface area contributed by atoms with Gasteiger partial charge in [-0.2, -0.15) is 0 Å².